The topological polar surface area (TPSA) is 104 Å². The van der Waals surface area contributed by atoms with Crippen molar-refractivity contribution < 1.29 is 24.6 Å². The average molecular weight is 478 g/mol. The summed E-state index contributed by atoms with van der Waals surface area (Å²) in [6.07, 6.45) is 4.52. The summed E-state index contributed by atoms with van der Waals surface area (Å²) in [6, 6.07) is 13.7. The van der Waals surface area contributed by atoms with Gasteiger partial charge in [-0.2, -0.15) is 0 Å². The van der Waals surface area contributed by atoms with Gasteiger partial charge in [-0.15, -0.1) is 0 Å². The summed E-state index contributed by atoms with van der Waals surface area (Å²) in [7, 11) is 0. The highest BCUT2D eigenvalue weighted by Crippen LogP contribution is 2.65. The van der Waals surface area contributed by atoms with Crippen molar-refractivity contribution in [2.75, 3.05) is 0 Å². The first kappa shape index (κ1) is 26.2. The van der Waals surface area contributed by atoms with Crippen molar-refractivity contribution in [3.8, 4) is 5.75 Å². The number of aliphatic carboxylic acids is 1. The first-order chi connectivity index (χ1) is 16.3. The van der Waals surface area contributed by atoms with Gasteiger partial charge in [-0.1, -0.05) is 62.7 Å². The maximum Gasteiger partial charge on any atom is 0.326 e. The summed E-state index contributed by atoms with van der Waals surface area (Å²) in [5.41, 5.74) is 4.17. The van der Waals surface area contributed by atoms with Crippen LogP contribution in [-0.2, 0) is 20.8 Å². The highest BCUT2D eigenvalue weighted by molar-refractivity contribution is 6.07. The molecule has 3 atom stereocenters. The standard InChI is InChI=1S/C18H22O.C11H13NO4/c1-12-5-7-13(8-6-12)11-14-15-9-10-18(4,16(14)19)17(15,2)3;1-7(13)12-10(11(15)16)6-8-2-4-9(14)5-3-8/h5-8,11,15H,9-10H2,1-4H3;2-5,10,14H,6H2,1H3,(H,12,13)(H,15,16)/t;10-/m.0/s1. The minimum Gasteiger partial charge on any atom is -0.508 e. The van der Waals surface area contributed by atoms with Crippen molar-refractivity contribution in [3.63, 3.8) is 0 Å². The zero-order chi connectivity index (χ0) is 26.0. The molecule has 2 aliphatic carbocycles. The second-order valence-electron chi connectivity index (χ2n) is 10.4. The predicted molar refractivity (Wildman–Crippen MR) is 136 cm³/mol. The summed E-state index contributed by atoms with van der Waals surface area (Å²) in [6.45, 7) is 10.0. The number of Topliss-reactive ketones (excluding diaryl/α,β-unsaturated/α-hetero) is 1. The van der Waals surface area contributed by atoms with Gasteiger partial charge in [0.25, 0.3) is 0 Å². The molecule has 0 saturated heterocycles. The number of rotatable bonds is 5. The van der Waals surface area contributed by atoms with Crippen molar-refractivity contribution >= 4 is 23.7 Å². The number of phenolic OH excluding ortho intramolecular Hbond substituents is 1. The quantitative estimate of drug-likeness (QED) is 0.530. The van der Waals surface area contributed by atoms with Crippen molar-refractivity contribution in [1.82, 2.24) is 5.32 Å². The number of carboxylic acid groups (broad SMARTS) is 1. The van der Waals surface area contributed by atoms with E-state index in [-0.39, 0.29) is 28.9 Å². The van der Waals surface area contributed by atoms with E-state index in [4.69, 9.17) is 10.2 Å². The number of amides is 1. The van der Waals surface area contributed by atoms with E-state index < -0.39 is 12.0 Å². The number of benzene rings is 2. The molecule has 1 amide bonds. The number of aryl methyl sites for hydroxylation is 1. The molecule has 186 valence electrons. The lowest BCUT2D eigenvalue weighted by molar-refractivity contribution is -0.141. The van der Waals surface area contributed by atoms with Crippen LogP contribution in [0, 0.1) is 23.7 Å². The van der Waals surface area contributed by atoms with E-state index in [1.165, 1.54) is 24.6 Å². The lowest BCUT2D eigenvalue weighted by Crippen LogP contribution is -2.41. The Morgan fingerprint density at radius 1 is 1.09 bits per heavy atom. The van der Waals surface area contributed by atoms with Crippen LogP contribution in [0.1, 0.15) is 57.2 Å². The number of hydrogen-bond donors (Lipinski definition) is 3. The summed E-state index contributed by atoms with van der Waals surface area (Å²) >= 11 is 0. The molecule has 2 aliphatic rings. The van der Waals surface area contributed by atoms with E-state index in [2.05, 4.69) is 63.4 Å². The largest absolute Gasteiger partial charge is 0.508 e. The molecule has 6 nitrogen and oxygen atoms in total. The van der Waals surface area contributed by atoms with Gasteiger partial charge in [0.05, 0.1) is 0 Å². The lowest BCUT2D eigenvalue weighted by atomic mass is 9.70. The number of nitrogens with one attached hydrogen (secondary N) is 1. The fraction of sp³-hybridized carbons (Fsp3) is 0.414. The number of allylic oxidation sites excluding steroid dienone is 1. The van der Waals surface area contributed by atoms with Crippen LogP contribution < -0.4 is 5.32 Å². The number of carbonyl (C=O) groups excluding carboxylic acids is 2. The van der Waals surface area contributed by atoms with Crippen LogP contribution >= 0.6 is 0 Å². The molecule has 2 aromatic carbocycles. The Hall–Kier alpha value is -3.41. The molecule has 0 spiro atoms. The highest BCUT2D eigenvalue weighted by atomic mass is 16.4. The molecule has 0 radical (unpaired) electrons. The van der Waals surface area contributed by atoms with Crippen LogP contribution in [0.3, 0.4) is 0 Å². The molecule has 2 saturated carbocycles. The van der Waals surface area contributed by atoms with Gasteiger partial charge >= 0.3 is 5.97 Å². The molecule has 2 unspecified atom stereocenters. The van der Waals surface area contributed by atoms with E-state index in [0.29, 0.717) is 11.7 Å². The molecule has 2 fully saturated rings. The zero-order valence-corrected chi connectivity index (χ0v) is 21.1. The molecule has 2 bridgehead atoms. The maximum atomic E-state index is 12.7. The van der Waals surface area contributed by atoms with Crippen molar-refractivity contribution in [2.24, 2.45) is 16.7 Å². The number of fused-ring (bicyclic) bond motifs is 2. The number of carboxylic acids is 1. The van der Waals surface area contributed by atoms with Crippen LogP contribution in [-0.4, -0.2) is 33.9 Å². The summed E-state index contributed by atoms with van der Waals surface area (Å²) < 4.78 is 0. The minimum absolute atomic E-state index is 0.112. The minimum atomic E-state index is -1.08. The Labute approximate surface area is 207 Å². The fourth-order valence-electron chi connectivity index (χ4n) is 5.25. The van der Waals surface area contributed by atoms with Gasteiger partial charge in [-0.25, -0.2) is 4.79 Å². The van der Waals surface area contributed by atoms with Crippen LogP contribution in [0.2, 0.25) is 0 Å². The van der Waals surface area contributed by atoms with E-state index >= 15 is 0 Å². The summed E-state index contributed by atoms with van der Waals surface area (Å²) in [4.78, 5) is 34.3. The number of hydrogen-bond acceptors (Lipinski definition) is 4. The number of aromatic hydroxyl groups is 1. The zero-order valence-electron chi connectivity index (χ0n) is 21.1. The molecule has 3 N–H and O–H groups in total. The smallest absolute Gasteiger partial charge is 0.326 e. The van der Waals surface area contributed by atoms with Crippen LogP contribution in [0.15, 0.2) is 54.1 Å². The van der Waals surface area contributed by atoms with Gasteiger partial charge in [0.2, 0.25) is 5.91 Å². The number of carbonyl (C=O) groups is 3. The summed E-state index contributed by atoms with van der Waals surface area (Å²) in [5.74, 6) is -0.523. The summed E-state index contributed by atoms with van der Waals surface area (Å²) in [5, 5.41) is 20.3. The van der Waals surface area contributed by atoms with Crippen molar-refractivity contribution in [1.29, 1.82) is 0 Å². The maximum absolute atomic E-state index is 12.7. The van der Waals surface area contributed by atoms with Crippen LogP contribution in [0.25, 0.3) is 6.08 Å². The normalized spacial score (nSPS) is 24.0. The first-order valence-corrected chi connectivity index (χ1v) is 12.0. The Kier molecular flexibility index (Phi) is 7.53. The number of ketones is 1. The Morgan fingerprint density at radius 3 is 2.17 bits per heavy atom. The Morgan fingerprint density at radius 2 is 1.69 bits per heavy atom. The monoisotopic (exact) mass is 477 g/mol. The van der Waals surface area contributed by atoms with E-state index in [0.717, 1.165) is 29.5 Å². The van der Waals surface area contributed by atoms with Gasteiger partial charge in [-0.05, 0) is 66.0 Å². The second kappa shape index (κ2) is 10.1. The van der Waals surface area contributed by atoms with Crippen molar-refractivity contribution in [3.05, 3.63) is 70.8 Å². The van der Waals surface area contributed by atoms with Crippen LogP contribution in [0.5, 0.6) is 5.75 Å². The molecular formula is C29H35NO5. The third-order valence-corrected chi connectivity index (χ3v) is 7.82. The molecule has 0 aliphatic heterocycles. The van der Waals surface area contributed by atoms with Gasteiger partial charge in [-0.3, -0.25) is 9.59 Å². The SMILES string of the molecule is CC(=O)N[C@@H](Cc1ccc(O)cc1)C(=O)O.Cc1ccc(C=C2C(=O)C3(C)CCC2C3(C)C)cc1. The fourth-order valence-corrected chi connectivity index (χ4v) is 5.25. The van der Waals surface area contributed by atoms with Gasteiger partial charge in [0.1, 0.15) is 11.8 Å². The van der Waals surface area contributed by atoms with Gasteiger partial charge < -0.3 is 15.5 Å². The molecule has 6 heteroatoms. The first-order valence-electron chi connectivity index (χ1n) is 12.0. The van der Waals surface area contributed by atoms with E-state index in [1.54, 1.807) is 12.1 Å². The molecule has 0 heterocycles. The molecule has 4 rings (SSSR count). The van der Waals surface area contributed by atoms with Gasteiger partial charge in [0, 0.05) is 18.8 Å². The van der Waals surface area contributed by atoms with E-state index in [9.17, 15) is 14.4 Å². The molecule has 0 aromatic heterocycles. The predicted octanol–water partition coefficient (Wildman–Crippen LogP) is 4.93. The Balaban J connectivity index is 0.000000199. The third kappa shape index (κ3) is 5.47. The van der Waals surface area contributed by atoms with Gasteiger partial charge in [0.15, 0.2) is 5.78 Å². The number of phenols is 1. The second-order valence-corrected chi connectivity index (χ2v) is 10.4. The molecular weight excluding hydrogens is 442 g/mol. The molecule has 35 heavy (non-hydrogen) atoms. The third-order valence-electron chi connectivity index (χ3n) is 7.82. The van der Waals surface area contributed by atoms with Crippen LogP contribution in [0.4, 0.5) is 0 Å². The molecule has 2 aromatic rings. The van der Waals surface area contributed by atoms with E-state index in [1.807, 2.05) is 0 Å². The highest BCUT2D eigenvalue weighted by Gasteiger charge is 2.63. The average Bonchev–Trinajstić information content (AvgIpc) is 3.10. The Bertz CT molecular complexity index is 1130. The lowest BCUT2D eigenvalue weighted by Gasteiger charge is -2.31. The van der Waals surface area contributed by atoms with Crippen molar-refractivity contribution in [2.45, 2.75) is 59.9 Å².